The normalized spacial score (nSPS) is 24.7. The second-order valence-corrected chi connectivity index (χ2v) is 5.09. The minimum absolute atomic E-state index is 0.290. The maximum atomic E-state index is 10.4. The van der Waals surface area contributed by atoms with Crippen molar-refractivity contribution in [3.05, 3.63) is 47.5 Å². The summed E-state index contributed by atoms with van der Waals surface area (Å²) in [6.07, 6.45) is 10.2. The molecular weight excluding hydrogens is 208 g/mol. The lowest BCUT2D eigenvalue weighted by molar-refractivity contribution is 0.124. The highest BCUT2D eigenvalue weighted by molar-refractivity contribution is 5.24. The van der Waals surface area contributed by atoms with Crippen LogP contribution < -0.4 is 0 Å². The summed E-state index contributed by atoms with van der Waals surface area (Å²) >= 11 is 0. The first-order chi connectivity index (χ1) is 8.27. The van der Waals surface area contributed by atoms with Crippen LogP contribution in [0.5, 0.6) is 0 Å². The first-order valence-corrected chi connectivity index (χ1v) is 6.68. The van der Waals surface area contributed by atoms with Crippen molar-refractivity contribution in [1.82, 2.24) is 0 Å². The zero-order valence-electron chi connectivity index (χ0n) is 10.6. The number of hydrogen-bond acceptors (Lipinski definition) is 1. The molecule has 1 aliphatic rings. The zero-order chi connectivity index (χ0) is 12.1. The van der Waals surface area contributed by atoms with Crippen LogP contribution in [0.2, 0.25) is 0 Å². The maximum absolute atomic E-state index is 10.4. The van der Waals surface area contributed by atoms with E-state index in [4.69, 9.17) is 0 Å². The highest BCUT2D eigenvalue weighted by Crippen LogP contribution is 2.29. The molecule has 92 valence electrons. The number of aliphatic hydroxyl groups is 1. The number of allylic oxidation sites excluding steroid dienone is 1. The van der Waals surface area contributed by atoms with Gasteiger partial charge in [-0.3, -0.25) is 0 Å². The highest BCUT2D eigenvalue weighted by atomic mass is 16.3. The van der Waals surface area contributed by atoms with E-state index < -0.39 is 0 Å². The molecule has 0 aromatic heterocycles. The van der Waals surface area contributed by atoms with Gasteiger partial charge in [-0.25, -0.2) is 0 Å². The van der Waals surface area contributed by atoms with Crippen molar-refractivity contribution in [2.24, 2.45) is 5.92 Å². The van der Waals surface area contributed by atoms with Crippen LogP contribution in [0.25, 0.3) is 0 Å². The molecular formula is C16H22O. The predicted octanol–water partition coefficient (Wildman–Crippen LogP) is 4.16. The van der Waals surface area contributed by atoms with Crippen LogP contribution in [0, 0.1) is 12.8 Å². The topological polar surface area (TPSA) is 20.2 Å². The third-order valence-corrected chi connectivity index (χ3v) is 3.62. The molecule has 0 amide bonds. The molecule has 0 saturated heterocycles. The Morgan fingerprint density at radius 2 is 1.88 bits per heavy atom. The summed E-state index contributed by atoms with van der Waals surface area (Å²) in [6, 6.07) is 8.25. The van der Waals surface area contributed by atoms with E-state index in [1.54, 1.807) is 0 Å². The van der Waals surface area contributed by atoms with E-state index in [-0.39, 0.29) is 12.0 Å². The average molecular weight is 230 g/mol. The molecule has 1 heteroatoms. The third-order valence-electron chi connectivity index (χ3n) is 3.62. The zero-order valence-corrected chi connectivity index (χ0v) is 10.6. The fraction of sp³-hybridized carbons (Fsp3) is 0.500. The van der Waals surface area contributed by atoms with E-state index in [1.165, 1.54) is 24.8 Å². The summed E-state index contributed by atoms with van der Waals surface area (Å²) in [7, 11) is 0. The van der Waals surface area contributed by atoms with Gasteiger partial charge in [0.05, 0.1) is 6.10 Å². The van der Waals surface area contributed by atoms with Gasteiger partial charge < -0.3 is 5.11 Å². The number of rotatable bonds is 2. The lowest BCUT2D eigenvalue weighted by Gasteiger charge is -2.21. The van der Waals surface area contributed by atoms with Crippen molar-refractivity contribution in [3.63, 3.8) is 0 Å². The second kappa shape index (κ2) is 6.02. The third kappa shape index (κ3) is 3.44. The molecule has 1 aliphatic carbocycles. The summed E-state index contributed by atoms with van der Waals surface area (Å²) < 4.78 is 0. The molecule has 0 fully saturated rings. The minimum Gasteiger partial charge on any atom is -0.388 e. The van der Waals surface area contributed by atoms with Gasteiger partial charge in [0, 0.05) is 5.92 Å². The molecule has 1 nitrogen and oxygen atoms in total. The standard InChI is InChI=1S/C16H22O/c1-13-9-11-15(12-10-13)16(17)14-7-5-3-2-4-6-8-14/h5,7,9-12,14,16-17H,2-4,6,8H2,1H3/b7-5-/t14-,16-/m1/s1. The Kier molecular flexibility index (Phi) is 4.38. The van der Waals surface area contributed by atoms with Crippen LogP contribution in [-0.2, 0) is 0 Å². The molecule has 0 unspecified atom stereocenters. The summed E-state index contributed by atoms with van der Waals surface area (Å²) in [4.78, 5) is 0. The molecule has 0 saturated carbocycles. The minimum atomic E-state index is -0.343. The van der Waals surface area contributed by atoms with Gasteiger partial charge in [-0.15, -0.1) is 0 Å². The molecule has 1 aromatic rings. The molecule has 0 heterocycles. The molecule has 17 heavy (non-hydrogen) atoms. The van der Waals surface area contributed by atoms with Crippen molar-refractivity contribution in [3.8, 4) is 0 Å². The molecule has 2 atom stereocenters. The molecule has 1 N–H and O–H groups in total. The molecule has 0 aliphatic heterocycles. The summed E-state index contributed by atoms with van der Waals surface area (Å²) in [5.41, 5.74) is 2.29. The van der Waals surface area contributed by atoms with Crippen molar-refractivity contribution in [1.29, 1.82) is 0 Å². The van der Waals surface area contributed by atoms with Crippen LogP contribution in [0.4, 0.5) is 0 Å². The van der Waals surface area contributed by atoms with E-state index >= 15 is 0 Å². The molecule has 0 radical (unpaired) electrons. The van der Waals surface area contributed by atoms with Crippen molar-refractivity contribution in [2.45, 2.75) is 45.1 Å². The van der Waals surface area contributed by atoms with Gasteiger partial charge in [-0.1, -0.05) is 54.8 Å². The summed E-state index contributed by atoms with van der Waals surface area (Å²) in [5.74, 6) is 0.290. The Morgan fingerprint density at radius 1 is 1.12 bits per heavy atom. The van der Waals surface area contributed by atoms with Crippen LogP contribution >= 0.6 is 0 Å². The summed E-state index contributed by atoms with van der Waals surface area (Å²) in [6.45, 7) is 2.08. The van der Waals surface area contributed by atoms with Gasteiger partial charge in [-0.2, -0.15) is 0 Å². The van der Waals surface area contributed by atoms with Crippen LogP contribution in [0.15, 0.2) is 36.4 Å². The van der Waals surface area contributed by atoms with Crippen molar-refractivity contribution in [2.75, 3.05) is 0 Å². The predicted molar refractivity (Wildman–Crippen MR) is 71.9 cm³/mol. The number of aliphatic hydroxyl groups excluding tert-OH is 1. The van der Waals surface area contributed by atoms with E-state index in [0.717, 1.165) is 18.4 Å². The van der Waals surface area contributed by atoms with Gasteiger partial charge in [0.1, 0.15) is 0 Å². The lowest BCUT2D eigenvalue weighted by atomic mass is 9.88. The van der Waals surface area contributed by atoms with E-state index in [2.05, 4.69) is 31.2 Å². The first kappa shape index (κ1) is 12.4. The Balaban J connectivity index is 2.09. The van der Waals surface area contributed by atoms with Crippen LogP contribution in [0.1, 0.15) is 49.3 Å². The van der Waals surface area contributed by atoms with Gasteiger partial charge in [-0.05, 0) is 31.7 Å². The molecule has 0 bridgehead atoms. The highest BCUT2D eigenvalue weighted by Gasteiger charge is 2.18. The Labute approximate surface area is 104 Å². The van der Waals surface area contributed by atoms with E-state index in [9.17, 15) is 5.11 Å². The van der Waals surface area contributed by atoms with Gasteiger partial charge in [0.25, 0.3) is 0 Å². The smallest absolute Gasteiger partial charge is 0.0852 e. The average Bonchev–Trinajstić information content (AvgIpc) is 2.29. The number of hydrogen-bond donors (Lipinski definition) is 1. The van der Waals surface area contributed by atoms with Gasteiger partial charge in [0.15, 0.2) is 0 Å². The fourth-order valence-electron chi connectivity index (χ4n) is 2.46. The SMILES string of the molecule is Cc1ccc([C@H](O)[C@@H]2/C=C\CCCCC2)cc1. The number of aryl methyl sites for hydroxylation is 1. The number of benzene rings is 1. The van der Waals surface area contributed by atoms with Crippen LogP contribution in [0.3, 0.4) is 0 Å². The van der Waals surface area contributed by atoms with Gasteiger partial charge in [0.2, 0.25) is 0 Å². The van der Waals surface area contributed by atoms with E-state index in [0.29, 0.717) is 0 Å². The summed E-state index contributed by atoms with van der Waals surface area (Å²) in [5, 5.41) is 10.4. The maximum Gasteiger partial charge on any atom is 0.0852 e. The lowest BCUT2D eigenvalue weighted by Crippen LogP contribution is -2.11. The largest absolute Gasteiger partial charge is 0.388 e. The Morgan fingerprint density at radius 3 is 2.65 bits per heavy atom. The molecule has 1 aromatic carbocycles. The van der Waals surface area contributed by atoms with Crippen molar-refractivity contribution < 1.29 is 5.11 Å². The Bertz CT molecular complexity index is 364. The quantitative estimate of drug-likeness (QED) is 0.756. The van der Waals surface area contributed by atoms with Gasteiger partial charge >= 0.3 is 0 Å². The molecule has 2 rings (SSSR count). The monoisotopic (exact) mass is 230 g/mol. The van der Waals surface area contributed by atoms with E-state index in [1.807, 2.05) is 12.1 Å². The fourth-order valence-corrected chi connectivity index (χ4v) is 2.46. The second-order valence-electron chi connectivity index (χ2n) is 5.09. The van der Waals surface area contributed by atoms with Crippen molar-refractivity contribution >= 4 is 0 Å². The molecule has 0 spiro atoms. The Hall–Kier alpha value is -1.08. The van der Waals surface area contributed by atoms with Crippen LogP contribution in [-0.4, -0.2) is 5.11 Å². The first-order valence-electron chi connectivity index (χ1n) is 6.68.